The van der Waals surface area contributed by atoms with Gasteiger partial charge in [0.05, 0.1) is 23.0 Å². The second-order valence-electron chi connectivity index (χ2n) is 6.36. The topological polar surface area (TPSA) is 64.6 Å². The van der Waals surface area contributed by atoms with Crippen molar-refractivity contribution in [3.05, 3.63) is 23.8 Å². The molecule has 0 aromatic heterocycles. The van der Waals surface area contributed by atoms with Gasteiger partial charge >= 0.3 is 0 Å². The highest BCUT2D eigenvalue weighted by Gasteiger charge is 2.43. The molecule has 1 saturated carbocycles. The molecule has 3 unspecified atom stereocenters. The maximum atomic E-state index is 12.8. The fourth-order valence-electron chi connectivity index (χ4n) is 4.03. The van der Waals surface area contributed by atoms with Crippen LogP contribution in [0.4, 0.5) is 11.4 Å². The number of nitrogens with zero attached hydrogens (tertiary/aromatic N) is 1. The average Bonchev–Trinajstić information content (AvgIpc) is 3.08. The van der Waals surface area contributed by atoms with Gasteiger partial charge in [-0.2, -0.15) is 0 Å². The number of hydrogen-bond donors (Lipinski definition) is 3. The van der Waals surface area contributed by atoms with Gasteiger partial charge in [-0.3, -0.25) is 4.79 Å². The molecule has 0 radical (unpaired) electrons. The first kappa shape index (κ1) is 13.0. The summed E-state index contributed by atoms with van der Waals surface area (Å²) < 4.78 is 0. The third-order valence-corrected chi connectivity index (χ3v) is 5.14. The third kappa shape index (κ3) is 2.07. The molecule has 112 valence electrons. The van der Waals surface area contributed by atoms with Gasteiger partial charge in [-0.25, -0.2) is 0 Å². The van der Waals surface area contributed by atoms with Crippen LogP contribution in [0, 0.1) is 11.8 Å². The molecule has 1 aliphatic carbocycles. The summed E-state index contributed by atoms with van der Waals surface area (Å²) >= 11 is 0. The van der Waals surface area contributed by atoms with Crippen LogP contribution in [0.3, 0.4) is 0 Å². The molecular formula is C16H21N3O2. The lowest BCUT2D eigenvalue weighted by atomic mass is 10.00. The van der Waals surface area contributed by atoms with Gasteiger partial charge < -0.3 is 20.6 Å². The van der Waals surface area contributed by atoms with E-state index >= 15 is 0 Å². The van der Waals surface area contributed by atoms with Crippen LogP contribution in [0.25, 0.3) is 0 Å². The first-order valence-electron chi connectivity index (χ1n) is 7.82. The van der Waals surface area contributed by atoms with Gasteiger partial charge in [0, 0.05) is 32.1 Å². The molecule has 1 amide bonds. The number of carbonyl (C=O) groups is 1. The number of hydrogen-bond acceptors (Lipinski definition) is 4. The molecule has 2 aliphatic heterocycles. The molecule has 21 heavy (non-hydrogen) atoms. The van der Waals surface area contributed by atoms with Crippen molar-refractivity contribution in [3.8, 4) is 0 Å². The number of benzene rings is 1. The zero-order chi connectivity index (χ0) is 14.4. The van der Waals surface area contributed by atoms with E-state index in [4.69, 9.17) is 0 Å². The summed E-state index contributed by atoms with van der Waals surface area (Å²) in [6.45, 7) is 3.20. The largest absolute Gasteiger partial charge is 0.393 e. The van der Waals surface area contributed by atoms with Gasteiger partial charge in [-0.15, -0.1) is 0 Å². The summed E-state index contributed by atoms with van der Waals surface area (Å²) in [5.74, 6) is 0.846. The molecule has 4 rings (SSSR count). The van der Waals surface area contributed by atoms with Crippen molar-refractivity contribution in [2.45, 2.75) is 18.9 Å². The highest BCUT2D eigenvalue weighted by Crippen LogP contribution is 2.39. The van der Waals surface area contributed by atoms with Gasteiger partial charge in [0.15, 0.2) is 0 Å². The van der Waals surface area contributed by atoms with Gasteiger partial charge in [-0.05, 0) is 30.9 Å². The van der Waals surface area contributed by atoms with E-state index in [1.165, 1.54) is 0 Å². The normalized spacial score (nSPS) is 30.3. The second-order valence-corrected chi connectivity index (χ2v) is 6.36. The quantitative estimate of drug-likeness (QED) is 0.730. The van der Waals surface area contributed by atoms with Gasteiger partial charge in [0.25, 0.3) is 5.91 Å². The highest BCUT2D eigenvalue weighted by atomic mass is 16.3. The standard InChI is InChI=1S/C16H21N3O2/c20-14-5-4-10-8-19(9-12(10)14)16(21)11-2-1-3-13-15(11)18-7-6-17-13/h1-3,10,12,14,17-18,20H,4-9H2. The van der Waals surface area contributed by atoms with Crippen LogP contribution in [-0.2, 0) is 0 Å². The van der Waals surface area contributed by atoms with Crippen LogP contribution in [0.1, 0.15) is 23.2 Å². The van der Waals surface area contributed by atoms with E-state index in [1.54, 1.807) is 0 Å². The molecule has 3 N–H and O–H groups in total. The second kappa shape index (κ2) is 4.91. The van der Waals surface area contributed by atoms with Crippen molar-refractivity contribution < 1.29 is 9.90 Å². The van der Waals surface area contributed by atoms with E-state index in [1.807, 2.05) is 23.1 Å². The van der Waals surface area contributed by atoms with E-state index in [0.29, 0.717) is 12.5 Å². The van der Waals surface area contributed by atoms with Crippen LogP contribution in [0.2, 0.25) is 0 Å². The van der Waals surface area contributed by atoms with Crippen LogP contribution in [-0.4, -0.2) is 48.2 Å². The number of para-hydroxylation sites is 1. The van der Waals surface area contributed by atoms with E-state index in [0.717, 1.165) is 49.4 Å². The number of likely N-dealkylation sites (tertiary alicyclic amines) is 1. The summed E-state index contributed by atoms with van der Waals surface area (Å²) in [6.07, 6.45) is 1.71. The molecule has 1 aromatic rings. The number of carbonyl (C=O) groups excluding carboxylic acids is 1. The lowest BCUT2D eigenvalue weighted by Crippen LogP contribution is -2.32. The van der Waals surface area contributed by atoms with Crippen LogP contribution in [0.5, 0.6) is 0 Å². The van der Waals surface area contributed by atoms with Crippen LogP contribution in [0.15, 0.2) is 18.2 Å². The summed E-state index contributed by atoms with van der Waals surface area (Å²) in [5.41, 5.74) is 2.67. The van der Waals surface area contributed by atoms with E-state index < -0.39 is 0 Å². The Labute approximate surface area is 124 Å². The van der Waals surface area contributed by atoms with Crippen LogP contribution < -0.4 is 10.6 Å². The predicted molar refractivity (Wildman–Crippen MR) is 81.5 cm³/mol. The number of anilines is 2. The van der Waals surface area contributed by atoms with Gasteiger partial charge in [-0.1, -0.05) is 6.07 Å². The maximum absolute atomic E-state index is 12.8. The number of amides is 1. The minimum atomic E-state index is -0.225. The first-order chi connectivity index (χ1) is 10.2. The molecular weight excluding hydrogens is 266 g/mol. The Morgan fingerprint density at radius 1 is 1.19 bits per heavy atom. The Kier molecular flexibility index (Phi) is 3.03. The fourth-order valence-corrected chi connectivity index (χ4v) is 4.03. The predicted octanol–water partition coefficient (Wildman–Crippen LogP) is 1.37. The van der Waals surface area contributed by atoms with Crippen molar-refractivity contribution in [2.75, 3.05) is 36.8 Å². The molecule has 0 spiro atoms. The lowest BCUT2D eigenvalue weighted by Gasteiger charge is -2.25. The zero-order valence-corrected chi connectivity index (χ0v) is 12.0. The van der Waals surface area contributed by atoms with Gasteiger partial charge in [0.1, 0.15) is 0 Å². The number of fused-ring (bicyclic) bond motifs is 2. The Morgan fingerprint density at radius 2 is 2.05 bits per heavy atom. The van der Waals surface area contributed by atoms with E-state index in [2.05, 4.69) is 10.6 Å². The number of nitrogens with one attached hydrogen (secondary N) is 2. The van der Waals surface area contributed by atoms with Crippen molar-refractivity contribution >= 4 is 17.3 Å². The molecule has 1 aromatic carbocycles. The molecule has 5 nitrogen and oxygen atoms in total. The Hall–Kier alpha value is -1.75. The summed E-state index contributed by atoms with van der Waals surface area (Å²) in [5, 5.41) is 16.7. The Balaban J connectivity index is 1.59. The highest BCUT2D eigenvalue weighted by molar-refractivity contribution is 6.03. The molecule has 1 saturated heterocycles. The third-order valence-electron chi connectivity index (χ3n) is 5.14. The molecule has 3 atom stereocenters. The number of aliphatic hydroxyl groups excluding tert-OH is 1. The summed E-state index contributed by atoms with van der Waals surface area (Å²) in [7, 11) is 0. The van der Waals surface area contributed by atoms with E-state index in [-0.39, 0.29) is 17.9 Å². The zero-order valence-electron chi connectivity index (χ0n) is 12.0. The van der Waals surface area contributed by atoms with Crippen molar-refractivity contribution in [2.24, 2.45) is 11.8 Å². The molecule has 5 heteroatoms. The van der Waals surface area contributed by atoms with Crippen molar-refractivity contribution in [1.29, 1.82) is 0 Å². The SMILES string of the molecule is O=C(c1cccc2c1NCCN2)N1CC2CCC(O)C2C1. The summed E-state index contributed by atoms with van der Waals surface area (Å²) in [6, 6.07) is 5.82. The smallest absolute Gasteiger partial charge is 0.256 e. The Bertz CT molecular complexity index is 575. The lowest BCUT2D eigenvalue weighted by molar-refractivity contribution is 0.0753. The Morgan fingerprint density at radius 3 is 2.90 bits per heavy atom. The molecule has 2 fully saturated rings. The first-order valence-corrected chi connectivity index (χ1v) is 7.82. The number of aliphatic hydroxyl groups is 1. The molecule has 3 aliphatic rings. The maximum Gasteiger partial charge on any atom is 0.256 e. The monoisotopic (exact) mass is 287 g/mol. The summed E-state index contributed by atoms with van der Waals surface area (Å²) in [4.78, 5) is 14.8. The van der Waals surface area contributed by atoms with Crippen LogP contribution >= 0.6 is 0 Å². The van der Waals surface area contributed by atoms with Crippen molar-refractivity contribution in [1.82, 2.24) is 4.90 Å². The average molecular weight is 287 g/mol. The van der Waals surface area contributed by atoms with Gasteiger partial charge in [0.2, 0.25) is 0 Å². The molecule has 2 heterocycles. The number of rotatable bonds is 1. The fraction of sp³-hybridized carbons (Fsp3) is 0.562. The minimum absolute atomic E-state index is 0.0876. The van der Waals surface area contributed by atoms with E-state index in [9.17, 15) is 9.90 Å². The molecule has 0 bridgehead atoms. The van der Waals surface area contributed by atoms with Crippen molar-refractivity contribution in [3.63, 3.8) is 0 Å². The minimum Gasteiger partial charge on any atom is -0.393 e.